The Morgan fingerprint density at radius 3 is 2.23 bits per heavy atom. The maximum Gasteiger partial charge on any atom is 0.316 e. The average Bonchev–Trinajstić information content (AvgIpc) is 2.66. The average molecular weight is 354 g/mol. The third-order valence-corrected chi connectivity index (χ3v) is 3.75. The fourth-order valence-corrected chi connectivity index (χ4v) is 2.45. The molecular weight excluding hydrogens is 328 g/mol. The number of hydrogen-bond donors (Lipinski definition) is 1. The molecule has 0 fully saturated rings. The van der Waals surface area contributed by atoms with Crippen LogP contribution in [0, 0.1) is 0 Å². The van der Waals surface area contributed by atoms with Crippen LogP contribution in [0.15, 0.2) is 60.7 Å². The molecule has 0 unspecified atom stereocenters. The largest absolute Gasteiger partial charge is 0.379 e. The lowest BCUT2D eigenvalue weighted by Crippen LogP contribution is -2.43. The van der Waals surface area contributed by atoms with E-state index in [2.05, 4.69) is 5.32 Å². The van der Waals surface area contributed by atoms with E-state index in [0.29, 0.717) is 31.8 Å². The van der Waals surface area contributed by atoms with Crippen molar-refractivity contribution in [3.8, 4) is 0 Å². The van der Waals surface area contributed by atoms with Gasteiger partial charge in [-0.1, -0.05) is 48.5 Å². The van der Waals surface area contributed by atoms with Crippen LogP contribution >= 0.6 is 0 Å². The molecule has 0 aromatic heterocycles. The molecule has 0 aliphatic carbocycles. The number of rotatable bonds is 8. The number of nitrogens with zero attached hydrogens (tertiary/aromatic N) is 1. The summed E-state index contributed by atoms with van der Waals surface area (Å²) >= 11 is 0. The van der Waals surface area contributed by atoms with Crippen LogP contribution in [0.4, 0.5) is 5.69 Å². The monoisotopic (exact) mass is 354 g/mol. The Hall–Kier alpha value is -2.66. The van der Waals surface area contributed by atoms with Crippen LogP contribution in [0.25, 0.3) is 0 Å². The summed E-state index contributed by atoms with van der Waals surface area (Å²) in [6.45, 7) is 5.23. The van der Waals surface area contributed by atoms with Gasteiger partial charge in [-0.3, -0.25) is 14.5 Å². The second-order valence-corrected chi connectivity index (χ2v) is 6.24. The van der Waals surface area contributed by atoms with Crippen LogP contribution in [0.3, 0.4) is 0 Å². The van der Waals surface area contributed by atoms with Crippen molar-refractivity contribution in [3.05, 3.63) is 66.2 Å². The highest BCUT2D eigenvalue weighted by Crippen LogP contribution is 2.17. The molecule has 5 heteroatoms. The summed E-state index contributed by atoms with van der Waals surface area (Å²) < 4.78 is 5.43. The molecule has 2 aromatic carbocycles. The first-order valence-corrected chi connectivity index (χ1v) is 8.88. The van der Waals surface area contributed by atoms with Crippen LogP contribution in [0.1, 0.15) is 25.8 Å². The number of ether oxygens (including phenoxy) is 1. The SMILES string of the molecule is CC(C)OCCCNC(=O)C(=O)N(Cc1ccccc1)c1ccccc1. The number of anilines is 1. The summed E-state index contributed by atoms with van der Waals surface area (Å²) in [7, 11) is 0. The van der Waals surface area contributed by atoms with E-state index < -0.39 is 11.8 Å². The fraction of sp³-hybridized carbons (Fsp3) is 0.333. The highest BCUT2D eigenvalue weighted by atomic mass is 16.5. The van der Waals surface area contributed by atoms with E-state index in [4.69, 9.17) is 4.74 Å². The lowest BCUT2D eigenvalue weighted by molar-refractivity contribution is -0.137. The number of benzene rings is 2. The van der Waals surface area contributed by atoms with E-state index in [9.17, 15) is 9.59 Å². The second kappa shape index (κ2) is 10.4. The molecule has 1 N–H and O–H groups in total. The molecule has 26 heavy (non-hydrogen) atoms. The zero-order chi connectivity index (χ0) is 18.8. The minimum Gasteiger partial charge on any atom is -0.379 e. The first-order valence-electron chi connectivity index (χ1n) is 8.88. The molecule has 0 aliphatic heterocycles. The zero-order valence-electron chi connectivity index (χ0n) is 15.4. The molecule has 0 radical (unpaired) electrons. The summed E-state index contributed by atoms with van der Waals surface area (Å²) in [4.78, 5) is 26.5. The van der Waals surface area contributed by atoms with Crippen molar-refractivity contribution >= 4 is 17.5 Å². The zero-order valence-corrected chi connectivity index (χ0v) is 15.4. The molecule has 0 aliphatic rings. The van der Waals surface area contributed by atoms with Crippen molar-refractivity contribution in [2.45, 2.75) is 32.9 Å². The number of para-hydroxylation sites is 1. The molecule has 0 spiro atoms. The van der Waals surface area contributed by atoms with Crippen LogP contribution in [-0.2, 0) is 20.9 Å². The third kappa shape index (κ3) is 6.33. The van der Waals surface area contributed by atoms with E-state index in [1.807, 2.05) is 74.5 Å². The van der Waals surface area contributed by atoms with Crippen molar-refractivity contribution < 1.29 is 14.3 Å². The van der Waals surface area contributed by atoms with Gasteiger partial charge in [-0.25, -0.2) is 0 Å². The van der Waals surface area contributed by atoms with Crippen molar-refractivity contribution in [2.24, 2.45) is 0 Å². The molecule has 5 nitrogen and oxygen atoms in total. The molecule has 2 aromatic rings. The minimum absolute atomic E-state index is 0.159. The highest BCUT2D eigenvalue weighted by molar-refractivity contribution is 6.40. The topological polar surface area (TPSA) is 58.6 Å². The van der Waals surface area contributed by atoms with Crippen LogP contribution in [-0.4, -0.2) is 31.1 Å². The van der Waals surface area contributed by atoms with Crippen molar-refractivity contribution in [3.63, 3.8) is 0 Å². The van der Waals surface area contributed by atoms with Gasteiger partial charge in [-0.2, -0.15) is 0 Å². The van der Waals surface area contributed by atoms with Crippen LogP contribution < -0.4 is 10.2 Å². The van der Waals surface area contributed by atoms with Crippen LogP contribution in [0.5, 0.6) is 0 Å². The molecule has 0 heterocycles. The Bertz CT molecular complexity index is 687. The quantitative estimate of drug-likeness (QED) is 0.585. The van der Waals surface area contributed by atoms with E-state index >= 15 is 0 Å². The van der Waals surface area contributed by atoms with E-state index in [1.165, 1.54) is 4.90 Å². The number of carbonyl (C=O) groups excluding carboxylic acids is 2. The predicted octanol–water partition coefficient (Wildman–Crippen LogP) is 3.15. The predicted molar refractivity (Wildman–Crippen MR) is 103 cm³/mol. The second-order valence-electron chi connectivity index (χ2n) is 6.24. The first-order chi connectivity index (χ1) is 12.6. The minimum atomic E-state index is -0.602. The van der Waals surface area contributed by atoms with Gasteiger partial charge in [0.15, 0.2) is 0 Å². The maximum absolute atomic E-state index is 12.7. The fourth-order valence-electron chi connectivity index (χ4n) is 2.45. The molecular formula is C21H26N2O3. The summed E-state index contributed by atoms with van der Waals surface area (Å²) in [5, 5.41) is 2.68. The van der Waals surface area contributed by atoms with Gasteiger partial charge < -0.3 is 10.1 Å². The lowest BCUT2D eigenvalue weighted by atomic mass is 10.2. The van der Waals surface area contributed by atoms with Gasteiger partial charge in [0.05, 0.1) is 12.6 Å². The number of nitrogens with one attached hydrogen (secondary N) is 1. The summed E-state index contributed by atoms with van der Waals surface area (Å²) in [5.74, 6) is -1.17. The normalized spacial score (nSPS) is 10.6. The highest BCUT2D eigenvalue weighted by Gasteiger charge is 2.23. The Balaban J connectivity index is 2.00. The third-order valence-electron chi connectivity index (χ3n) is 3.75. The summed E-state index contributed by atoms with van der Waals surface area (Å²) in [6.07, 6.45) is 0.827. The standard InChI is InChI=1S/C21H26N2O3/c1-17(2)26-15-9-14-22-20(24)21(25)23(19-12-7-4-8-13-19)16-18-10-5-3-6-11-18/h3-8,10-13,17H,9,14-16H2,1-2H3,(H,22,24). The Morgan fingerprint density at radius 2 is 1.62 bits per heavy atom. The van der Waals surface area contributed by atoms with Gasteiger partial charge in [0, 0.05) is 18.8 Å². The van der Waals surface area contributed by atoms with Gasteiger partial charge in [0.1, 0.15) is 0 Å². The van der Waals surface area contributed by atoms with E-state index in [1.54, 1.807) is 0 Å². The molecule has 0 saturated carbocycles. The van der Waals surface area contributed by atoms with Gasteiger partial charge in [-0.15, -0.1) is 0 Å². The Labute approximate surface area is 155 Å². The lowest BCUT2D eigenvalue weighted by Gasteiger charge is -2.22. The van der Waals surface area contributed by atoms with Crippen molar-refractivity contribution in [2.75, 3.05) is 18.1 Å². The number of hydrogen-bond acceptors (Lipinski definition) is 3. The van der Waals surface area contributed by atoms with Gasteiger partial charge >= 0.3 is 11.8 Å². The Morgan fingerprint density at radius 1 is 1.00 bits per heavy atom. The van der Waals surface area contributed by atoms with Crippen molar-refractivity contribution in [1.29, 1.82) is 0 Å². The van der Waals surface area contributed by atoms with Gasteiger partial charge in [-0.05, 0) is 38.0 Å². The first kappa shape index (κ1) is 19.7. The van der Waals surface area contributed by atoms with Gasteiger partial charge in [0.2, 0.25) is 0 Å². The van der Waals surface area contributed by atoms with Crippen molar-refractivity contribution in [1.82, 2.24) is 5.32 Å². The van der Waals surface area contributed by atoms with Gasteiger partial charge in [0.25, 0.3) is 0 Å². The molecule has 0 atom stereocenters. The smallest absolute Gasteiger partial charge is 0.316 e. The summed E-state index contributed by atoms with van der Waals surface area (Å²) in [5.41, 5.74) is 1.66. The summed E-state index contributed by atoms with van der Waals surface area (Å²) in [6, 6.07) is 18.8. The maximum atomic E-state index is 12.7. The Kier molecular flexibility index (Phi) is 7.83. The molecule has 2 rings (SSSR count). The van der Waals surface area contributed by atoms with E-state index in [0.717, 1.165) is 5.56 Å². The number of amides is 2. The number of carbonyl (C=O) groups is 2. The molecule has 2 amide bonds. The molecule has 0 bridgehead atoms. The van der Waals surface area contributed by atoms with E-state index in [-0.39, 0.29) is 6.10 Å². The molecule has 0 saturated heterocycles. The molecule has 138 valence electrons. The van der Waals surface area contributed by atoms with Crippen LogP contribution in [0.2, 0.25) is 0 Å².